The van der Waals surface area contributed by atoms with E-state index in [1.165, 1.54) is 0 Å². The molecule has 84 valence electrons. The van der Waals surface area contributed by atoms with Gasteiger partial charge in [-0.1, -0.05) is 0 Å². The Balaban J connectivity index is 2.37. The van der Waals surface area contributed by atoms with Crippen molar-refractivity contribution in [1.29, 1.82) is 0 Å². The first kappa shape index (κ1) is 10.6. The third kappa shape index (κ3) is 2.03. The molecule has 1 N–H and O–H groups in total. The van der Waals surface area contributed by atoms with Crippen molar-refractivity contribution in [2.24, 2.45) is 0 Å². The van der Waals surface area contributed by atoms with Gasteiger partial charge in [-0.05, 0) is 26.8 Å². The predicted octanol–water partition coefficient (Wildman–Crippen LogP) is 1.91. The van der Waals surface area contributed by atoms with Crippen LogP contribution in [0.3, 0.4) is 0 Å². The molecule has 0 saturated heterocycles. The van der Waals surface area contributed by atoms with Gasteiger partial charge in [0.1, 0.15) is 5.60 Å². The lowest BCUT2D eigenvalue weighted by Crippen LogP contribution is -2.24. The van der Waals surface area contributed by atoms with Crippen LogP contribution < -0.4 is 0 Å². The molecule has 0 fully saturated rings. The summed E-state index contributed by atoms with van der Waals surface area (Å²) in [5.41, 5.74) is 0.527. The number of nitrogens with zero attached hydrogens (tertiary/aromatic N) is 2. The zero-order valence-electron chi connectivity index (χ0n) is 9.44. The predicted molar refractivity (Wildman–Crippen MR) is 59.1 cm³/mol. The Bertz CT molecular complexity index is 525. The molecule has 0 unspecified atom stereocenters. The van der Waals surface area contributed by atoms with E-state index in [4.69, 9.17) is 4.74 Å². The van der Waals surface area contributed by atoms with E-state index in [2.05, 4.69) is 15.2 Å². The van der Waals surface area contributed by atoms with E-state index >= 15 is 0 Å². The van der Waals surface area contributed by atoms with Crippen LogP contribution in [0.2, 0.25) is 0 Å². The summed E-state index contributed by atoms with van der Waals surface area (Å²) in [6.07, 6.45) is 3.23. The molecule has 5 nitrogen and oxygen atoms in total. The fourth-order valence-corrected chi connectivity index (χ4v) is 1.34. The highest BCUT2D eigenvalue weighted by Gasteiger charge is 2.21. The number of H-pyrrole nitrogens is 1. The van der Waals surface area contributed by atoms with Gasteiger partial charge in [-0.3, -0.25) is 10.1 Å². The lowest BCUT2D eigenvalue weighted by atomic mass is 10.2. The van der Waals surface area contributed by atoms with Gasteiger partial charge in [-0.15, -0.1) is 0 Å². The maximum Gasteiger partial charge on any atom is 0.360 e. The van der Waals surface area contributed by atoms with Gasteiger partial charge in [0.05, 0.1) is 10.9 Å². The van der Waals surface area contributed by atoms with E-state index in [1.54, 1.807) is 18.5 Å². The highest BCUT2D eigenvalue weighted by atomic mass is 16.6. The summed E-state index contributed by atoms with van der Waals surface area (Å²) in [6.45, 7) is 5.45. The smallest absolute Gasteiger partial charge is 0.360 e. The normalized spacial score (nSPS) is 11.7. The number of hydrogen-bond acceptors (Lipinski definition) is 4. The number of fused-ring (bicyclic) bond motifs is 1. The molecular formula is C11H13N3O2. The third-order valence-electron chi connectivity index (χ3n) is 1.96. The van der Waals surface area contributed by atoms with Gasteiger partial charge >= 0.3 is 5.97 Å². The SMILES string of the molecule is CC(C)(C)OC(=O)c1n[nH]c2ccncc12. The monoisotopic (exact) mass is 219 g/mol. The van der Waals surface area contributed by atoms with E-state index in [0.29, 0.717) is 5.39 Å². The summed E-state index contributed by atoms with van der Waals surface area (Å²) < 4.78 is 5.24. The standard InChI is InChI=1S/C11H13N3O2/c1-11(2,3)16-10(15)9-7-6-12-5-4-8(7)13-14-9/h4-6H,1-3H3,(H,13,14). The molecule has 2 aromatic heterocycles. The van der Waals surface area contributed by atoms with Gasteiger partial charge in [-0.2, -0.15) is 5.10 Å². The number of nitrogens with one attached hydrogen (secondary N) is 1. The van der Waals surface area contributed by atoms with Crippen LogP contribution in [0.25, 0.3) is 10.9 Å². The summed E-state index contributed by atoms with van der Waals surface area (Å²) in [6, 6.07) is 1.76. The molecule has 2 aromatic rings. The third-order valence-corrected chi connectivity index (χ3v) is 1.96. The Morgan fingerprint density at radius 2 is 2.19 bits per heavy atom. The van der Waals surface area contributed by atoms with Crippen LogP contribution in [-0.2, 0) is 4.74 Å². The Hall–Kier alpha value is -1.91. The number of rotatable bonds is 1. The zero-order chi connectivity index (χ0) is 11.8. The van der Waals surface area contributed by atoms with Crippen molar-refractivity contribution in [3.05, 3.63) is 24.2 Å². The van der Waals surface area contributed by atoms with Gasteiger partial charge in [-0.25, -0.2) is 4.79 Å². The maximum absolute atomic E-state index is 11.8. The molecule has 0 bridgehead atoms. The molecule has 2 heterocycles. The summed E-state index contributed by atoms with van der Waals surface area (Å²) in [7, 11) is 0. The average Bonchev–Trinajstić information content (AvgIpc) is 2.58. The molecular weight excluding hydrogens is 206 g/mol. The van der Waals surface area contributed by atoms with Crippen molar-refractivity contribution in [2.45, 2.75) is 26.4 Å². The molecule has 0 atom stereocenters. The molecule has 0 saturated carbocycles. The fourth-order valence-electron chi connectivity index (χ4n) is 1.34. The second-order valence-electron chi connectivity index (χ2n) is 4.50. The summed E-state index contributed by atoms with van der Waals surface area (Å²) in [5.74, 6) is -0.438. The summed E-state index contributed by atoms with van der Waals surface area (Å²) in [5, 5.41) is 7.38. The second-order valence-corrected chi connectivity index (χ2v) is 4.50. The van der Waals surface area contributed by atoms with Gasteiger partial charge in [0.15, 0.2) is 5.69 Å². The maximum atomic E-state index is 11.8. The van der Waals surface area contributed by atoms with Gasteiger partial charge in [0, 0.05) is 12.4 Å². The Kier molecular flexibility index (Phi) is 2.38. The number of aromatic nitrogens is 3. The van der Waals surface area contributed by atoms with Crippen molar-refractivity contribution in [1.82, 2.24) is 15.2 Å². The van der Waals surface area contributed by atoms with Crippen LogP contribution in [0.15, 0.2) is 18.5 Å². The van der Waals surface area contributed by atoms with Crippen LogP contribution >= 0.6 is 0 Å². The zero-order valence-corrected chi connectivity index (χ0v) is 9.44. The quantitative estimate of drug-likeness (QED) is 0.744. The number of aromatic amines is 1. The molecule has 0 aliphatic carbocycles. The van der Waals surface area contributed by atoms with Crippen LogP contribution in [-0.4, -0.2) is 26.8 Å². The summed E-state index contributed by atoms with van der Waals surface area (Å²) >= 11 is 0. The minimum absolute atomic E-state index is 0.276. The lowest BCUT2D eigenvalue weighted by molar-refractivity contribution is 0.00651. The minimum Gasteiger partial charge on any atom is -0.455 e. The van der Waals surface area contributed by atoms with E-state index < -0.39 is 11.6 Å². The minimum atomic E-state index is -0.523. The molecule has 5 heteroatoms. The number of hydrogen-bond donors (Lipinski definition) is 1. The van der Waals surface area contributed by atoms with Crippen molar-refractivity contribution in [3.8, 4) is 0 Å². The van der Waals surface area contributed by atoms with Crippen LogP contribution in [0, 0.1) is 0 Å². The molecule has 0 spiro atoms. The first-order valence-corrected chi connectivity index (χ1v) is 4.99. The average molecular weight is 219 g/mol. The molecule has 0 aliphatic heterocycles. The Labute approximate surface area is 92.8 Å². The second kappa shape index (κ2) is 3.59. The number of ether oxygens (including phenoxy) is 1. The van der Waals surface area contributed by atoms with Gasteiger partial charge in [0.2, 0.25) is 0 Å². The Morgan fingerprint density at radius 3 is 2.88 bits per heavy atom. The van der Waals surface area contributed by atoms with Crippen LogP contribution in [0.1, 0.15) is 31.3 Å². The highest BCUT2D eigenvalue weighted by Crippen LogP contribution is 2.17. The fraction of sp³-hybridized carbons (Fsp3) is 0.364. The largest absolute Gasteiger partial charge is 0.455 e. The first-order chi connectivity index (χ1) is 7.47. The first-order valence-electron chi connectivity index (χ1n) is 4.99. The number of esters is 1. The van der Waals surface area contributed by atoms with E-state index in [1.807, 2.05) is 20.8 Å². The van der Waals surface area contributed by atoms with Crippen molar-refractivity contribution >= 4 is 16.9 Å². The van der Waals surface area contributed by atoms with Crippen molar-refractivity contribution in [2.75, 3.05) is 0 Å². The van der Waals surface area contributed by atoms with Crippen molar-refractivity contribution < 1.29 is 9.53 Å². The van der Waals surface area contributed by atoms with Gasteiger partial charge < -0.3 is 4.74 Å². The topological polar surface area (TPSA) is 67.9 Å². The molecule has 0 aliphatic rings. The summed E-state index contributed by atoms with van der Waals surface area (Å²) in [4.78, 5) is 15.8. The molecule has 2 rings (SSSR count). The number of carbonyl (C=O) groups is 1. The lowest BCUT2D eigenvalue weighted by Gasteiger charge is -2.18. The van der Waals surface area contributed by atoms with Crippen molar-refractivity contribution in [3.63, 3.8) is 0 Å². The molecule has 0 aromatic carbocycles. The van der Waals surface area contributed by atoms with E-state index in [-0.39, 0.29) is 5.69 Å². The van der Waals surface area contributed by atoms with Gasteiger partial charge in [0.25, 0.3) is 0 Å². The van der Waals surface area contributed by atoms with E-state index in [0.717, 1.165) is 5.52 Å². The molecule has 16 heavy (non-hydrogen) atoms. The molecule has 0 radical (unpaired) electrons. The van der Waals surface area contributed by atoms with E-state index in [9.17, 15) is 4.79 Å². The van der Waals surface area contributed by atoms with Crippen LogP contribution in [0.4, 0.5) is 0 Å². The highest BCUT2D eigenvalue weighted by molar-refractivity contribution is 6.01. The number of carbonyl (C=O) groups excluding carboxylic acids is 1. The number of pyridine rings is 1. The molecule has 0 amide bonds. The Morgan fingerprint density at radius 1 is 1.44 bits per heavy atom. The van der Waals surface area contributed by atoms with Crippen LogP contribution in [0.5, 0.6) is 0 Å².